The second-order valence-corrected chi connectivity index (χ2v) is 7.23. The molecule has 1 aromatic carbocycles. The van der Waals surface area contributed by atoms with Crippen LogP contribution >= 0.6 is 0 Å². The summed E-state index contributed by atoms with van der Waals surface area (Å²) < 4.78 is 0. The van der Waals surface area contributed by atoms with Crippen LogP contribution in [0.15, 0.2) is 24.3 Å². The first-order chi connectivity index (χ1) is 9.77. The molecule has 2 saturated heterocycles. The summed E-state index contributed by atoms with van der Waals surface area (Å²) in [6, 6.07) is 10.2. The molecule has 2 nitrogen and oxygen atoms in total. The van der Waals surface area contributed by atoms with Gasteiger partial charge in [0, 0.05) is 25.0 Å². The molecule has 108 valence electrons. The second-order valence-electron chi connectivity index (χ2n) is 7.23. The summed E-state index contributed by atoms with van der Waals surface area (Å²) in [5.41, 5.74) is 3.47. The highest BCUT2D eigenvalue weighted by molar-refractivity contribution is 5.28. The van der Waals surface area contributed by atoms with Crippen molar-refractivity contribution in [3.63, 3.8) is 0 Å². The minimum atomic E-state index is 0.545. The van der Waals surface area contributed by atoms with E-state index in [1.165, 1.54) is 57.4 Å². The van der Waals surface area contributed by atoms with Crippen LogP contribution in [0, 0.1) is 12.3 Å². The Kier molecular flexibility index (Phi) is 3.12. The SMILES string of the molecule is Cc1ccc(C2CNCCC23CCN(C2CC2)C3)cc1. The van der Waals surface area contributed by atoms with Gasteiger partial charge in [-0.2, -0.15) is 0 Å². The van der Waals surface area contributed by atoms with Gasteiger partial charge in [-0.05, 0) is 56.7 Å². The van der Waals surface area contributed by atoms with Gasteiger partial charge in [-0.15, -0.1) is 0 Å². The lowest BCUT2D eigenvalue weighted by Crippen LogP contribution is -2.45. The van der Waals surface area contributed by atoms with Gasteiger partial charge in [0.15, 0.2) is 0 Å². The van der Waals surface area contributed by atoms with Crippen molar-refractivity contribution < 1.29 is 0 Å². The lowest BCUT2D eigenvalue weighted by atomic mass is 9.67. The molecule has 4 rings (SSSR count). The Balaban J connectivity index is 1.60. The number of nitrogens with zero attached hydrogens (tertiary/aromatic N) is 1. The van der Waals surface area contributed by atoms with E-state index in [1.807, 2.05) is 0 Å². The highest BCUT2D eigenvalue weighted by Gasteiger charge is 2.48. The van der Waals surface area contributed by atoms with Gasteiger partial charge in [-0.1, -0.05) is 29.8 Å². The quantitative estimate of drug-likeness (QED) is 0.889. The van der Waals surface area contributed by atoms with Crippen molar-refractivity contribution in [2.24, 2.45) is 5.41 Å². The van der Waals surface area contributed by atoms with Crippen molar-refractivity contribution >= 4 is 0 Å². The van der Waals surface area contributed by atoms with E-state index in [4.69, 9.17) is 0 Å². The lowest BCUT2D eigenvalue weighted by Gasteiger charge is -2.42. The zero-order valence-electron chi connectivity index (χ0n) is 12.6. The molecule has 1 N–H and O–H groups in total. The molecule has 0 amide bonds. The van der Waals surface area contributed by atoms with Gasteiger partial charge in [0.25, 0.3) is 0 Å². The molecule has 1 aliphatic carbocycles. The summed E-state index contributed by atoms with van der Waals surface area (Å²) in [7, 11) is 0. The standard InChI is InChI=1S/C18H26N2/c1-14-2-4-15(5-3-14)17-12-19-10-8-18(17)9-11-20(13-18)16-6-7-16/h2-5,16-17,19H,6-13H2,1H3. The Hall–Kier alpha value is -0.860. The molecule has 1 saturated carbocycles. The van der Waals surface area contributed by atoms with E-state index in [0.717, 1.165) is 6.04 Å². The van der Waals surface area contributed by atoms with Crippen molar-refractivity contribution in [3.05, 3.63) is 35.4 Å². The van der Waals surface area contributed by atoms with Gasteiger partial charge in [0.1, 0.15) is 0 Å². The van der Waals surface area contributed by atoms with Crippen LogP contribution < -0.4 is 5.32 Å². The van der Waals surface area contributed by atoms with E-state index in [9.17, 15) is 0 Å². The van der Waals surface area contributed by atoms with Crippen LogP contribution in [0.4, 0.5) is 0 Å². The van der Waals surface area contributed by atoms with Gasteiger partial charge < -0.3 is 5.32 Å². The van der Waals surface area contributed by atoms with Crippen molar-refractivity contribution in [2.45, 2.75) is 44.6 Å². The monoisotopic (exact) mass is 270 g/mol. The fourth-order valence-electron chi connectivity index (χ4n) is 4.41. The van der Waals surface area contributed by atoms with Gasteiger partial charge in [0.05, 0.1) is 0 Å². The van der Waals surface area contributed by atoms with E-state index in [2.05, 4.69) is 41.4 Å². The molecule has 2 heteroatoms. The maximum absolute atomic E-state index is 3.64. The van der Waals surface area contributed by atoms with Crippen LogP contribution in [0.2, 0.25) is 0 Å². The molecule has 0 aromatic heterocycles. The predicted octanol–water partition coefficient (Wildman–Crippen LogP) is 2.93. The minimum Gasteiger partial charge on any atom is -0.316 e. The smallest absolute Gasteiger partial charge is 0.00966 e. The zero-order chi connectivity index (χ0) is 13.6. The average molecular weight is 270 g/mol. The fraction of sp³-hybridized carbons (Fsp3) is 0.667. The van der Waals surface area contributed by atoms with Crippen LogP contribution in [0.25, 0.3) is 0 Å². The molecular formula is C18H26N2. The van der Waals surface area contributed by atoms with Gasteiger partial charge >= 0.3 is 0 Å². The summed E-state index contributed by atoms with van der Waals surface area (Å²) in [4.78, 5) is 2.78. The summed E-state index contributed by atoms with van der Waals surface area (Å²) in [5.74, 6) is 0.709. The van der Waals surface area contributed by atoms with Crippen molar-refractivity contribution in [3.8, 4) is 0 Å². The van der Waals surface area contributed by atoms with Crippen molar-refractivity contribution in [1.82, 2.24) is 10.2 Å². The van der Waals surface area contributed by atoms with E-state index in [1.54, 1.807) is 5.56 Å². The first-order valence-corrected chi connectivity index (χ1v) is 8.28. The highest BCUT2D eigenvalue weighted by atomic mass is 15.2. The number of piperidine rings is 1. The molecule has 0 bridgehead atoms. The van der Waals surface area contributed by atoms with Crippen molar-refractivity contribution in [2.75, 3.05) is 26.2 Å². The first kappa shape index (κ1) is 12.8. The average Bonchev–Trinajstić information content (AvgIpc) is 3.24. The molecule has 2 atom stereocenters. The van der Waals surface area contributed by atoms with Crippen LogP contribution in [0.1, 0.15) is 42.7 Å². The van der Waals surface area contributed by atoms with Crippen molar-refractivity contribution in [1.29, 1.82) is 0 Å². The third-order valence-corrected chi connectivity index (χ3v) is 5.85. The Labute approximate surface area is 122 Å². The Morgan fingerprint density at radius 2 is 1.95 bits per heavy atom. The Morgan fingerprint density at radius 3 is 2.70 bits per heavy atom. The number of nitrogens with one attached hydrogen (secondary N) is 1. The molecule has 3 fully saturated rings. The summed E-state index contributed by atoms with van der Waals surface area (Å²) >= 11 is 0. The van der Waals surface area contributed by atoms with E-state index >= 15 is 0 Å². The third kappa shape index (κ3) is 2.19. The van der Waals surface area contributed by atoms with E-state index in [0.29, 0.717) is 11.3 Å². The largest absolute Gasteiger partial charge is 0.316 e. The molecule has 1 spiro atoms. The van der Waals surface area contributed by atoms with Crippen LogP contribution in [-0.2, 0) is 0 Å². The number of aryl methyl sites for hydroxylation is 1. The molecule has 20 heavy (non-hydrogen) atoms. The lowest BCUT2D eigenvalue weighted by molar-refractivity contribution is 0.160. The normalized spacial score (nSPS) is 34.8. The van der Waals surface area contributed by atoms with Gasteiger partial charge in [-0.3, -0.25) is 4.90 Å². The molecular weight excluding hydrogens is 244 g/mol. The van der Waals surface area contributed by atoms with Crippen LogP contribution in [0.3, 0.4) is 0 Å². The van der Waals surface area contributed by atoms with Crippen LogP contribution in [-0.4, -0.2) is 37.1 Å². The molecule has 3 aliphatic rings. The topological polar surface area (TPSA) is 15.3 Å². The minimum absolute atomic E-state index is 0.545. The third-order valence-electron chi connectivity index (χ3n) is 5.85. The maximum Gasteiger partial charge on any atom is 0.00966 e. The van der Waals surface area contributed by atoms with E-state index < -0.39 is 0 Å². The maximum atomic E-state index is 3.64. The number of benzene rings is 1. The molecule has 2 aliphatic heterocycles. The fourth-order valence-corrected chi connectivity index (χ4v) is 4.41. The first-order valence-electron chi connectivity index (χ1n) is 8.28. The summed E-state index contributed by atoms with van der Waals surface area (Å²) in [6.45, 7) is 7.25. The van der Waals surface area contributed by atoms with Gasteiger partial charge in [-0.25, -0.2) is 0 Å². The number of likely N-dealkylation sites (tertiary alicyclic amines) is 1. The molecule has 0 radical (unpaired) electrons. The molecule has 2 heterocycles. The number of rotatable bonds is 2. The van der Waals surface area contributed by atoms with Crippen LogP contribution in [0.5, 0.6) is 0 Å². The number of hydrogen-bond acceptors (Lipinski definition) is 2. The zero-order valence-corrected chi connectivity index (χ0v) is 12.6. The molecule has 2 unspecified atom stereocenters. The van der Waals surface area contributed by atoms with E-state index in [-0.39, 0.29) is 0 Å². The number of hydrogen-bond donors (Lipinski definition) is 1. The second kappa shape index (κ2) is 4.85. The highest BCUT2D eigenvalue weighted by Crippen LogP contribution is 2.49. The summed E-state index contributed by atoms with van der Waals surface area (Å²) in [6.07, 6.45) is 5.66. The Morgan fingerprint density at radius 1 is 1.15 bits per heavy atom. The summed E-state index contributed by atoms with van der Waals surface area (Å²) in [5, 5.41) is 3.64. The molecule has 1 aromatic rings. The Bertz CT molecular complexity index is 477. The van der Waals surface area contributed by atoms with Gasteiger partial charge in [0.2, 0.25) is 0 Å². The predicted molar refractivity (Wildman–Crippen MR) is 83.1 cm³/mol.